The number of nitrogens with one attached hydrogen (secondary N) is 1. The first-order valence-corrected chi connectivity index (χ1v) is 12.5. The molecule has 37 heavy (non-hydrogen) atoms. The first kappa shape index (κ1) is 29.4. The summed E-state index contributed by atoms with van der Waals surface area (Å²) >= 11 is 0. The monoisotopic (exact) mass is 511 g/mol. The molecule has 2 rings (SSSR count). The summed E-state index contributed by atoms with van der Waals surface area (Å²) in [7, 11) is 0. The van der Waals surface area contributed by atoms with Crippen LogP contribution in [0, 0.1) is 5.92 Å². The lowest BCUT2D eigenvalue weighted by atomic mass is 9.97. The third-order valence-corrected chi connectivity index (χ3v) is 5.88. The zero-order chi connectivity index (χ0) is 27.5. The minimum atomic E-state index is -1.05. The third kappa shape index (κ3) is 8.34. The minimum Gasteiger partial charge on any atom is -0.426 e. The van der Waals surface area contributed by atoms with E-state index < -0.39 is 24.3 Å². The van der Waals surface area contributed by atoms with E-state index in [0.717, 1.165) is 28.7 Å². The molecule has 0 saturated heterocycles. The van der Waals surface area contributed by atoms with Crippen LogP contribution in [0.15, 0.2) is 48.5 Å². The molecule has 0 spiro atoms. The highest BCUT2D eigenvalue weighted by molar-refractivity contribution is 5.99. The Morgan fingerprint density at radius 2 is 1.65 bits per heavy atom. The number of nitrogens with zero attached hydrogens (tertiary/aromatic N) is 1. The van der Waals surface area contributed by atoms with Gasteiger partial charge in [-0.2, -0.15) is 5.10 Å². The van der Waals surface area contributed by atoms with Gasteiger partial charge in [0, 0.05) is 26.8 Å². The molecule has 9 heteroatoms. The van der Waals surface area contributed by atoms with Crippen LogP contribution in [0.5, 0.6) is 0 Å². The molecule has 2 atom stereocenters. The molecular formula is C28H39N4O5+. The molecule has 200 valence electrons. The Kier molecular flexibility index (Phi) is 11.1. The van der Waals surface area contributed by atoms with Crippen LogP contribution in [0.3, 0.4) is 0 Å². The van der Waals surface area contributed by atoms with Gasteiger partial charge in [-0.25, -0.2) is 4.79 Å². The topological polar surface area (TPSA) is 139 Å². The van der Waals surface area contributed by atoms with E-state index in [1.165, 1.54) is 13.8 Å². The number of benzene rings is 2. The number of hydrazone groups is 1. The van der Waals surface area contributed by atoms with E-state index in [-0.39, 0.29) is 18.4 Å². The van der Waals surface area contributed by atoms with Crippen LogP contribution >= 0.6 is 0 Å². The normalized spacial score (nSPS) is 13.1. The Morgan fingerprint density at radius 3 is 2.22 bits per heavy atom. The smallest absolute Gasteiger partial charge is 0.332 e. The third-order valence-electron chi connectivity index (χ3n) is 5.88. The molecule has 0 fully saturated rings. The average molecular weight is 512 g/mol. The Bertz CT molecular complexity index is 1100. The van der Waals surface area contributed by atoms with Crippen molar-refractivity contribution in [3.8, 4) is 11.1 Å². The zero-order valence-electron chi connectivity index (χ0n) is 22.3. The molecule has 2 aromatic carbocycles. The summed E-state index contributed by atoms with van der Waals surface area (Å²) in [5, 5.41) is 2.49. The lowest BCUT2D eigenvalue weighted by molar-refractivity contribution is -0.469. The van der Waals surface area contributed by atoms with E-state index in [9.17, 15) is 14.4 Å². The van der Waals surface area contributed by atoms with Crippen LogP contribution in [0.1, 0.15) is 65.0 Å². The van der Waals surface area contributed by atoms with Crippen molar-refractivity contribution in [3.05, 3.63) is 59.7 Å². The van der Waals surface area contributed by atoms with Crippen molar-refractivity contribution in [2.75, 3.05) is 0 Å². The van der Waals surface area contributed by atoms with Gasteiger partial charge in [0.05, 0.1) is 5.56 Å². The van der Waals surface area contributed by atoms with Crippen molar-refractivity contribution in [1.82, 2.24) is 4.90 Å². The van der Waals surface area contributed by atoms with E-state index in [2.05, 4.69) is 5.10 Å². The summed E-state index contributed by atoms with van der Waals surface area (Å²) in [5.74, 6) is 4.34. The van der Waals surface area contributed by atoms with Crippen LogP contribution in [0.25, 0.3) is 11.1 Å². The van der Waals surface area contributed by atoms with Gasteiger partial charge in [0.2, 0.25) is 12.2 Å². The Labute approximate surface area is 218 Å². The van der Waals surface area contributed by atoms with E-state index in [4.69, 9.17) is 21.1 Å². The van der Waals surface area contributed by atoms with Crippen molar-refractivity contribution in [1.29, 1.82) is 0 Å². The molecule has 2 aromatic rings. The van der Waals surface area contributed by atoms with Gasteiger partial charge in [-0.1, -0.05) is 69.7 Å². The predicted molar refractivity (Wildman–Crippen MR) is 141 cm³/mol. The van der Waals surface area contributed by atoms with Crippen LogP contribution in [-0.4, -0.2) is 40.9 Å². The van der Waals surface area contributed by atoms with E-state index >= 15 is 0 Å². The molecule has 9 nitrogen and oxygen atoms in total. The van der Waals surface area contributed by atoms with Gasteiger partial charge in [-0.15, -0.1) is 0 Å². The highest BCUT2D eigenvalue weighted by atomic mass is 16.7. The van der Waals surface area contributed by atoms with Gasteiger partial charge < -0.3 is 14.4 Å². The molecule has 5 N–H and O–H groups in total. The molecule has 0 aliphatic rings. The first-order chi connectivity index (χ1) is 17.6. The number of carbonyl (C=O) groups is 3. The molecule has 1 amide bonds. The number of nitrogen functional groups attached to an aromatic ring is 1. The van der Waals surface area contributed by atoms with Crippen LogP contribution in [0.4, 0.5) is 0 Å². The maximum Gasteiger partial charge on any atom is 0.332 e. The zero-order valence-corrected chi connectivity index (χ0v) is 22.3. The van der Waals surface area contributed by atoms with E-state index in [0.29, 0.717) is 18.7 Å². The second kappa shape index (κ2) is 14.0. The number of amides is 1. The molecule has 0 radical (unpaired) electrons. The highest BCUT2D eigenvalue weighted by Crippen LogP contribution is 2.25. The maximum atomic E-state index is 13.3. The SMILES string of the molecule is CCCCC(=O)N(Cc1ccc(-c2ccccc2/C(N)=[NH+]/N)cc1)[C@H](C(=O)OC(C)OC(C)=O)C(C)C. The number of hydrazine groups is 1. The summed E-state index contributed by atoms with van der Waals surface area (Å²) in [4.78, 5) is 39.2. The lowest BCUT2D eigenvalue weighted by Gasteiger charge is -2.33. The number of ether oxygens (including phenoxy) is 2. The fourth-order valence-electron chi connectivity index (χ4n) is 4.10. The van der Waals surface area contributed by atoms with Crippen LogP contribution in [-0.2, 0) is 30.4 Å². The van der Waals surface area contributed by atoms with E-state index in [1.54, 1.807) is 4.90 Å². The summed E-state index contributed by atoms with van der Waals surface area (Å²) < 4.78 is 10.3. The van der Waals surface area contributed by atoms with Gasteiger partial charge in [0.1, 0.15) is 6.04 Å². The Balaban J connectivity index is 2.35. The minimum absolute atomic E-state index is 0.136. The van der Waals surface area contributed by atoms with Gasteiger partial charge >= 0.3 is 11.9 Å². The molecule has 0 saturated carbocycles. The Morgan fingerprint density at radius 1 is 1.00 bits per heavy atom. The van der Waals surface area contributed by atoms with Gasteiger partial charge in [-0.3, -0.25) is 21.2 Å². The first-order valence-electron chi connectivity index (χ1n) is 12.5. The predicted octanol–water partition coefficient (Wildman–Crippen LogP) is 2.01. The number of nitrogens with two attached hydrogens (primary N) is 2. The molecule has 0 bridgehead atoms. The lowest BCUT2D eigenvalue weighted by Crippen LogP contribution is -2.82. The fourth-order valence-corrected chi connectivity index (χ4v) is 4.10. The maximum absolute atomic E-state index is 13.3. The molecular weight excluding hydrogens is 472 g/mol. The fraction of sp³-hybridized carbons (Fsp3) is 0.429. The highest BCUT2D eigenvalue weighted by Gasteiger charge is 2.34. The van der Waals surface area contributed by atoms with Crippen LogP contribution in [0.2, 0.25) is 0 Å². The van der Waals surface area contributed by atoms with Crippen molar-refractivity contribution < 1.29 is 29.0 Å². The Hall–Kier alpha value is -3.88. The molecule has 1 unspecified atom stereocenters. The van der Waals surface area contributed by atoms with Crippen LogP contribution < -0.4 is 16.7 Å². The number of unbranched alkanes of at least 4 members (excludes halogenated alkanes) is 1. The quantitative estimate of drug-likeness (QED) is 0.0989. The van der Waals surface area contributed by atoms with Crippen molar-refractivity contribution >= 4 is 23.7 Å². The number of carbonyl (C=O) groups excluding carboxylic acids is 3. The summed E-state index contributed by atoms with van der Waals surface area (Å²) in [6.45, 7) is 8.66. The number of hydrogen-bond donors (Lipinski definition) is 3. The van der Waals surface area contributed by atoms with Crippen molar-refractivity contribution in [2.24, 2.45) is 17.5 Å². The van der Waals surface area contributed by atoms with Gasteiger partial charge in [-0.05, 0) is 35.1 Å². The van der Waals surface area contributed by atoms with Crippen molar-refractivity contribution in [2.45, 2.75) is 72.8 Å². The molecule has 0 aromatic heterocycles. The second-order valence-corrected chi connectivity index (χ2v) is 9.23. The van der Waals surface area contributed by atoms with Crippen molar-refractivity contribution in [3.63, 3.8) is 0 Å². The van der Waals surface area contributed by atoms with E-state index in [1.807, 2.05) is 69.3 Å². The molecule has 0 aliphatic heterocycles. The number of amidine groups is 1. The number of esters is 2. The standard InChI is InChI=1S/C28H38N4O5/c1-6-7-12-25(34)32(26(18(2)3)28(35)37-20(5)36-19(4)33)17-21-13-15-22(16-14-21)23-10-8-9-11-24(23)27(29)31-30/h8-11,13-16,18,20,26H,6-7,12,17,30H2,1-5H3,(H2,29,31)/p+1/t20?,26-/m0/s1. The number of rotatable bonds is 12. The molecule has 0 aliphatic carbocycles. The average Bonchev–Trinajstić information content (AvgIpc) is 2.86. The molecule has 0 heterocycles. The van der Waals surface area contributed by atoms with Gasteiger partial charge in [0.25, 0.3) is 5.84 Å². The second-order valence-electron chi connectivity index (χ2n) is 9.23. The van der Waals surface area contributed by atoms with Gasteiger partial charge in [0.15, 0.2) is 0 Å². The number of hydrogen-bond acceptors (Lipinski definition) is 6. The summed E-state index contributed by atoms with van der Waals surface area (Å²) in [5.41, 5.74) is 9.48. The largest absolute Gasteiger partial charge is 0.426 e. The summed E-state index contributed by atoms with van der Waals surface area (Å²) in [6.07, 6.45) is 0.831. The summed E-state index contributed by atoms with van der Waals surface area (Å²) in [6, 6.07) is 14.5.